The van der Waals surface area contributed by atoms with Crippen LogP contribution in [-0.2, 0) is 9.53 Å². The number of ether oxygens (including phenoxy) is 1. The summed E-state index contributed by atoms with van der Waals surface area (Å²) in [5, 5.41) is 3.30. The van der Waals surface area contributed by atoms with Crippen molar-refractivity contribution in [2.45, 2.75) is 20.8 Å². The van der Waals surface area contributed by atoms with Crippen molar-refractivity contribution in [3.8, 4) is 0 Å². The third-order valence-corrected chi connectivity index (χ3v) is 5.33. The second kappa shape index (κ2) is 9.45. The van der Waals surface area contributed by atoms with E-state index in [1.54, 1.807) is 22.9 Å². The highest BCUT2D eigenvalue weighted by molar-refractivity contribution is 6.33. The van der Waals surface area contributed by atoms with Crippen LogP contribution in [-0.4, -0.2) is 61.6 Å². The minimum absolute atomic E-state index is 0.0796. The van der Waals surface area contributed by atoms with E-state index in [9.17, 15) is 9.59 Å². The molecule has 7 nitrogen and oxygen atoms in total. The van der Waals surface area contributed by atoms with E-state index in [1.807, 2.05) is 32.9 Å². The minimum Gasteiger partial charge on any atom is -0.378 e. The predicted molar refractivity (Wildman–Crippen MR) is 119 cm³/mol. The molecule has 30 heavy (non-hydrogen) atoms. The number of nitrogens with zero attached hydrogens (tertiary/aromatic N) is 3. The Hall–Kier alpha value is -2.64. The first-order valence-electron chi connectivity index (χ1n) is 9.87. The average Bonchev–Trinajstić information content (AvgIpc) is 2.70. The highest BCUT2D eigenvalue weighted by atomic mass is 35.5. The Balaban J connectivity index is 1.67. The zero-order chi connectivity index (χ0) is 21.8. The quantitative estimate of drug-likeness (QED) is 0.788. The summed E-state index contributed by atoms with van der Waals surface area (Å²) in [6, 6.07) is 5.67. The number of nitrogens with one attached hydrogen (secondary N) is 1. The number of carbonyl (C=O) groups is 2. The van der Waals surface area contributed by atoms with Crippen molar-refractivity contribution in [2.75, 3.05) is 50.1 Å². The maximum absolute atomic E-state index is 12.6. The molecular weight excluding hydrogens is 404 g/mol. The van der Waals surface area contributed by atoms with Crippen molar-refractivity contribution in [3.05, 3.63) is 51.7 Å². The van der Waals surface area contributed by atoms with Gasteiger partial charge >= 0.3 is 0 Å². The summed E-state index contributed by atoms with van der Waals surface area (Å²) in [5.74, 6) is 0.159. The van der Waals surface area contributed by atoms with Gasteiger partial charge in [0.15, 0.2) is 0 Å². The smallest absolute Gasteiger partial charge is 0.255 e. The van der Waals surface area contributed by atoms with Crippen LogP contribution in [0.15, 0.2) is 24.4 Å². The van der Waals surface area contributed by atoms with Crippen LogP contribution in [0.5, 0.6) is 0 Å². The van der Waals surface area contributed by atoms with Crippen LogP contribution in [0.3, 0.4) is 0 Å². The van der Waals surface area contributed by atoms with Crippen LogP contribution in [0.2, 0.25) is 5.02 Å². The van der Waals surface area contributed by atoms with Gasteiger partial charge in [-0.2, -0.15) is 0 Å². The lowest BCUT2D eigenvalue weighted by Crippen LogP contribution is -2.40. The molecule has 1 aliphatic rings. The number of benzene rings is 1. The van der Waals surface area contributed by atoms with Gasteiger partial charge in [0, 0.05) is 32.0 Å². The highest BCUT2D eigenvalue weighted by Gasteiger charge is 2.21. The highest BCUT2D eigenvalue weighted by Crippen LogP contribution is 2.25. The van der Waals surface area contributed by atoms with Gasteiger partial charge in [0.05, 0.1) is 30.3 Å². The molecule has 8 heteroatoms. The normalized spacial score (nSPS) is 13.8. The van der Waals surface area contributed by atoms with Crippen molar-refractivity contribution in [2.24, 2.45) is 0 Å². The fourth-order valence-electron chi connectivity index (χ4n) is 3.62. The number of halogens is 1. The zero-order valence-electron chi connectivity index (χ0n) is 17.8. The topological polar surface area (TPSA) is 74.8 Å². The molecular formula is C22H27ClN4O3. The Morgan fingerprint density at radius 1 is 1.17 bits per heavy atom. The Morgan fingerprint density at radius 2 is 1.80 bits per heavy atom. The van der Waals surface area contributed by atoms with Crippen LogP contribution < -0.4 is 10.2 Å². The lowest BCUT2D eigenvalue weighted by Gasteiger charge is -2.27. The second-order valence-electron chi connectivity index (χ2n) is 7.61. The van der Waals surface area contributed by atoms with Crippen molar-refractivity contribution >= 4 is 34.9 Å². The Morgan fingerprint density at radius 3 is 2.40 bits per heavy atom. The largest absolute Gasteiger partial charge is 0.378 e. The van der Waals surface area contributed by atoms with E-state index in [-0.39, 0.29) is 18.4 Å². The number of hydrogen-bond donors (Lipinski definition) is 1. The number of pyridine rings is 1. The van der Waals surface area contributed by atoms with Crippen molar-refractivity contribution in [1.82, 2.24) is 9.88 Å². The van der Waals surface area contributed by atoms with Gasteiger partial charge in [-0.3, -0.25) is 9.59 Å². The predicted octanol–water partition coefficient (Wildman–Crippen LogP) is 3.21. The fraction of sp³-hybridized carbons (Fsp3) is 0.409. The number of hydrogen-bond acceptors (Lipinski definition) is 5. The molecule has 1 N–H and O–H groups in total. The van der Waals surface area contributed by atoms with Crippen LogP contribution in [0, 0.1) is 20.8 Å². The van der Waals surface area contributed by atoms with Crippen LogP contribution in [0.25, 0.3) is 0 Å². The van der Waals surface area contributed by atoms with Crippen LogP contribution in [0.1, 0.15) is 27.0 Å². The lowest BCUT2D eigenvalue weighted by atomic mass is 10.1. The van der Waals surface area contributed by atoms with Crippen molar-refractivity contribution in [1.29, 1.82) is 0 Å². The summed E-state index contributed by atoms with van der Waals surface area (Å²) < 4.78 is 5.28. The van der Waals surface area contributed by atoms with Gasteiger partial charge in [-0.05, 0) is 38.0 Å². The third-order valence-electron chi connectivity index (χ3n) is 5.05. The van der Waals surface area contributed by atoms with E-state index < -0.39 is 0 Å². The molecule has 1 aliphatic heterocycles. The summed E-state index contributed by atoms with van der Waals surface area (Å²) >= 11 is 6.39. The maximum atomic E-state index is 12.6. The molecule has 0 saturated carbocycles. The van der Waals surface area contributed by atoms with Crippen molar-refractivity contribution < 1.29 is 14.3 Å². The molecule has 3 rings (SSSR count). The van der Waals surface area contributed by atoms with Gasteiger partial charge in [-0.1, -0.05) is 29.3 Å². The molecule has 2 heterocycles. The SMILES string of the molecule is Cc1cc(C)c(NC(=O)CN(C)c2ncc(C(=O)N3CCOCC3)cc2Cl)c(C)c1. The van der Waals surface area contributed by atoms with Gasteiger partial charge in [0.1, 0.15) is 5.82 Å². The Labute approximate surface area is 182 Å². The molecule has 2 aromatic rings. The van der Waals surface area contributed by atoms with E-state index in [1.165, 1.54) is 6.20 Å². The van der Waals surface area contributed by atoms with Gasteiger partial charge < -0.3 is 19.9 Å². The summed E-state index contributed by atoms with van der Waals surface area (Å²) in [7, 11) is 1.74. The number of morpholine rings is 1. The Bertz CT molecular complexity index is 934. The first-order chi connectivity index (χ1) is 14.3. The summed E-state index contributed by atoms with van der Waals surface area (Å²) in [6.45, 7) is 8.22. The number of amides is 2. The van der Waals surface area contributed by atoms with E-state index >= 15 is 0 Å². The third kappa shape index (κ3) is 5.09. The van der Waals surface area contributed by atoms with Crippen LogP contribution >= 0.6 is 11.6 Å². The number of aromatic nitrogens is 1. The molecule has 0 spiro atoms. The molecule has 1 aromatic carbocycles. The number of rotatable bonds is 5. The summed E-state index contributed by atoms with van der Waals surface area (Å²) in [4.78, 5) is 32.9. The number of anilines is 2. The number of aryl methyl sites for hydroxylation is 3. The fourth-order valence-corrected chi connectivity index (χ4v) is 3.93. The molecule has 0 radical (unpaired) electrons. The molecule has 1 aromatic heterocycles. The molecule has 0 aliphatic carbocycles. The second-order valence-corrected chi connectivity index (χ2v) is 8.02. The first kappa shape index (κ1) is 22.1. The van der Waals surface area contributed by atoms with Crippen molar-refractivity contribution in [3.63, 3.8) is 0 Å². The molecule has 2 amide bonds. The molecule has 1 saturated heterocycles. The van der Waals surface area contributed by atoms with Crippen LogP contribution in [0.4, 0.5) is 11.5 Å². The first-order valence-corrected chi connectivity index (χ1v) is 10.3. The molecule has 0 bridgehead atoms. The summed E-state index contributed by atoms with van der Waals surface area (Å²) in [6.07, 6.45) is 1.50. The van der Waals surface area contributed by atoms with E-state index in [4.69, 9.17) is 16.3 Å². The number of carbonyl (C=O) groups excluding carboxylic acids is 2. The molecule has 1 fully saturated rings. The van der Waals surface area contributed by atoms with Gasteiger partial charge in [-0.15, -0.1) is 0 Å². The van der Waals surface area contributed by atoms with E-state index in [0.29, 0.717) is 42.7 Å². The van der Waals surface area contributed by atoms with Gasteiger partial charge in [0.2, 0.25) is 5.91 Å². The molecule has 0 unspecified atom stereocenters. The van der Waals surface area contributed by atoms with E-state index in [2.05, 4.69) is 10.3 Å². The van der Waals surface area contributed by atoms with Gasteiger partial charge in [0.25, 0.3) is 5.91 Å². The maximum Gasteiger partial charge on any atom is 0.255 e. The Kier molecular flexibility index (Phi) is 6.95. The summed E-state index contributed by atoms with van der Waals surface area (Å²) in [5.41, 5.74) is 4.44. The lowest BCUT2D eigenvalue weighted by molar-refractivity contribution is -0.114. The van der Waals surface area contributed by atoms with E-state index in [0.717, 1.165) is 22.4 Å². The zero-order valence-corrected chi connectivity index (χ0v) is 18.5. The standard InChI is InChI=1S/C22H27ClN4O3/c1-14-9-15(2)20(16(3)10-14)25-19(28)13-26(4)21-18(23)11-17(12-24-21)22(29)27-5-7-30-8-6-27/h9-12H,5-8,13H2,1-4H3,(H,25,28). The van der Waals surface area contributed by atoms with Gasteiger partial charge in [-0.25, -0.2) is 4.98 Å². The molecule has 0 atom stereocenters. The molecule has 160 valence electrons. The minimum atomic E-state index is -0.168. The average molecular weight is 431 g/mol. The monoisotopic (exact) mass is 430 g/mol. The number of likely N-dealkylation sites (N-methyl/N-ethyl adjacent to an activating group) is 1.